The third kappa shape index (κ3) is 2.89. The van der Waals surface area contributed by atoms with Crippen LogP contribution in [0.4, 0.5) is 0 Å². The van der Waals surface area contributed by atoms with Gasteiger partial charge in [-0.1, -0.05) is 12.8 Å². The van der Waals surface area contributed by atoms with Gasteiger partial charge in [-0.3, -0.25) is 0 Å². The SMILES string of the molecule is C(CC1CC1)Oc1nsnc1OC12CCC(CC1)C2.Cl. The van der Waals surface area contributed by atoms with Crippen LogP contribution >= 0.6 is 24.1 Å². The fourth-order valence-electron chi connectivity index (χ4n) is 3.54. The molecular formula is C14H21ClN2O2S. The first-order chi connectivity index (χ1) is 9.33. The Bertz CT molecular complexity index is 456. The largest absolute Gasteiger partial charge is 0.473 e. The summed E-state index contributed by atoms with van der Waals surface area (Å²) in [6.45, 7) is 0.752. The minimum absolute atomic E-state index is 0. The van der Waals surface area contributed by atoms with Gasteiger partial charge in [0.2, 0.25) is 0 Å². The monoisotopic (exact) mass is 316 g/mol. The molecule has 3 saturated carbocycles. The topological polar surface area (TPSA) is 44.2 Å². The molecule has 0 amide bonds. The van der Waals surface area contributed by atoms with E-state index in [1.54, 1.807) is 0 Å². The first-order valence-corrected chi connectivity index (χ1v) is 8.20. The van der Waals surface area contributed by atoms with E-state index in [2.05, 4.69) is 8.75 Å². The summed E-state index contributed by atoms with van der Waals surface area (Å²) in [6.07, 6.45) is 10.1. The van der Waals surface area contributed by atoms with Crippen LogP contribution in [0.3, 0.4) is 0 Å². The van der Waals surface area contributed by atoms with Gasteiger partial charge in [0.25, 0.3) is 11.8 Å². The number of rotatable bonds is 6. The van der Waals surface area contributed by atoms with Crippen molar-refractivity contribution in [1.82, 2.24) is 8.75 Å². The predicted molar refractivity (Wildman–Crippen MR) is 79.9 cm³/mol. The molecule has 0 N–H and O–H groups in total. The molecule has 1 heterocycles. The Morgan fingerprint density at radius 1 is 1.10 bits per heavy atom. The maximum atomic E-state index is 6.21. The van der Waals surface area contributed by atoms with Crippen LogP contribution in [0.1, 0.15) is 51.4 Å². The second-order valence-corrected chi connectivity index (χ2v) is 6.92. The van der Waals surface area contributed by atoms with Gasteiger partial charge in [0, 0.05) is 0 Å². The van der Waals surface area contributed by atoms with E-state index in [-0.39, 0.29) is 18.0 Å². The molecule has 0 unspecified atom stereocenters. The molecule has 1 aromatic rings. The van der Waals surface area contributed by atoms with Crippen molar-refractivity contribution in [3.63, 3.8) is 0 Å². The van der Waals surface area contributed by atoms with E-state index in [4.69, 9.17) is 9.47 Å². The molecule has 0 atom stereocenters. The van der Waals surface area contributed by atoms with E-state index in [9.17, 15) is 0 Å². The van der Waals surface area contributed by atoms with Crippen LogP contribution in [0.2, 0.25) is 0 Å². The second-order valence-electron chi connectivity index (χ2n) is 6.39. The normalized spacial score (nSPS) is 31.1. The fraction of sp³-hybridized carbons (Fsp3) is 0.857. The van der Waals surface area contributed by atoms with Gasteiger partial charge < -0.3 is 9.47 Å². The van der Waals surface area contributed by atoms with Gasteiger partial charge in [0.15, 0.2) is 0 Å². The van der Waals surface area contributed by atoms with E-state index in [0.717, 1.165) is 24.9 Å². The summed E-state index contributed by atoms with van der Waals surface area (Å²) < 4.78 is 20.5. The standard InChI is InChI=1S/C14H20N2O2S.ClH/c1-2-10(1)5-8-17-12-13(16-19-15-12)18-14-6-3-11(9-14)4-7-14;/h10-11H,1-9H2;1H. The maximum Gasteiger partial charge on any atom is 0.291 e. The van der Waals surface area contributed by atoms with Gasteiger partial charge in [-0.2, -0.15) is 0 Å². The van der Waals surface area contributed by atoms with Gasteiger partial charge in [0.1, 0.15) is 5.60 Å². The molecule has 0 aromatic carbocycles. The third-order valence-electron chi connectivity index (χ3n) is 4.88. The highest BCUT2D eigenvalue weighted by molar-refractivity contribution is 6.99. The van der Waals surface area contributed by atoms with Crippen LogP contribution in [0.15, 0.2) is 0 Å². The van der Waals surface area contributed by atoms with Crippen molar-refractivity contribution >= 4 is 24.1 Å². The Morgan fingerprint density at radius 3 is 2.50 bits per heavy atom. The lowest BCUT2D eigenvalue weighted by atomic mass is 9.97. The third-order valence-corrected chi connectivity index (χ3v) is 5.38. The summed E-state index contributed by atoms with van der Waals surface area (Å²) in [5, 5.41) is 0. The van der Waals surface area contributed by atoms with E-state index in [0.29, 0.717) is 11.8 Å². The number of ether oxygens (including phenoxy) is 2. The minimum atomic E-state index is 0. The molecule has 4 rings (SSSR count). The van der Waals surface area contributed by atoms with Crippen LogP contribution in [0.5, 0.6) is 11.8 Å². The lowest BCUT2D eigenvalue weighted by molar-refractivity contribution is 0.0704. The van der Waals surface area contributed by atoms with Crippen LogP contribution in [-0.4, -0.2) is 21.0 Å². The number of hydrogen-bond acceptors (Lipinski definition) is 5. The first-order valence-electron chi connectivity index (χ1n) is 7.47. The number of aromatic nitrogens is 2. The van der Waals surface area contributed by atoms with E-state index in [1.807, 2.05) is 0 Å². The lowest BCUT2D eigenvalue weighted by Crippen LogP contribution is -2.30. The molecule has 0 saturated heterocycles. The van der Waals surface area contributed by atoms with E-state index in [1.165, 1.54) is 56.7 Å². The first kappa shape index (κ1) is 14.4. The average Bonchev–Trinajstić information content (AvgIpc) is 2.85. The molecule has 0 spiro atoms. The fourth-order valence-corrected chi connectivity index (χ4v) is 3.97. The minimum Gasteiger partial charge on any atom is -0.473 e. The molecule has 3 aliphatic carbocycles. The Morgan fingerprint density at radius 2 is 1.85 bits per heavy atom. The zero-order valence-corrected chi connectivity index (χ0v) is 13.2. The Labute approximate surface area is 130 Å². The van der Waals surface area contributed by atoms with Crippen LogP contribution in [0, 0.1) is 11.8 Å². The summed E-state index contributed by atoms with van der Waals surface area (Å²) in [5.41, 5.74) is 0.0506. The van der Waals surface area contributed by atoms with Crippen molar-refractivity contribution in [2.24, 2.45) is 11.8 Å². The molecule has 3 aliphatic rings. The average molecular weight is 317 g/mol. The molecule has 20 heavy (non-hydrogen) atoms. The summed E-state index contributed by atoms with van der Waals surface area (Å²) in [4.78, 5) is 0. The van der Waals surface area contributed by atoms with Gasteiger partial charge in [0.05, 0.1) is 18.3 Å². The number of halogens is 1. The summed E-state index contributed by atoms with van der Waals surface area (Å²) in [7, 11) is 0. The van der Waals surface area contributed by atoms with Crippen LogP contribution < -0.4 is 9.47 Å². The Hall–Kier alpha value is -0.550. The van der Waals surface area contributed by atoms with E-state index >= 15 is 0 Å². The highest BCUT2D eigenvalue weighted by Gasteiger charge is 2.47. The maximum absolute atomic E-state index is 6.21. The summed E-state index contributed by atoms with van der Waals surface area (Å²) in [6, 6.07) is 0. The molecular weight excluding hydrogens is 296 g/mol. The van der Waals surface area contributed by atoms with Crippen LogP contribution in [0.25, 0.3) is 0 Å². The molecule has 0 radical (unpaired) electrons. The van der Waals surface area contributed by atoms with E-state index < -0.39 is 0 Å². The predicted octanol–water partition coefficient (Wildman–Crippen LogP) is 3.85. The summed E-state index contributed by atoms with van der Waals surface area (Å²) in [5.74, 6) is 3.03. The molecule has 112 valence electrons. The van der Waals surface area contributed by atoms with Gasteiger partial charge in [-0.25, -0.2) is 0 Å². The quantitative estimate of drug-likeness (QED) is 0.799. The number of fused-ring (bicyclic) bond motifs is 2. The molecule has 6 heteroatoms. The van der Waals surface area contributed by atoms with Crippen molar-refractivity contribution in [3.05, 3.63) is 0 Å². The zero-order valence-electron chi connectivity index (χ0n) is 11.5. The molecule has 3 fully saturated rings. The number of hydrogen-bond donors (Lipinski definition) is 0. The second kappa shape index (κ2) is 5.68. The highest BCUT2D eigenvalue weighted by atomic mass is 35.5. The Kier molecular flexibility index (Phi) is 4.09. The van der Waals surface area contributed by atoms with Crippen molar-refractivity contribution in [1.29, 1.82) is 0 Å². The summed E-state index contributed by atoms with van der Waals surface area (Å²) >= 11 is 1.20. The molecule has 0 aliphatic heterocycles. The van der Waals surface area contributed by atoms with Gasteiger partial charge in [-0.05, 0) is 50.4 Å². The lowest BCUT2D eigenvalue weighted by Gasteiger charge is -2.26. The van der Waals surface area contributed by atoms with Gasteiger partial charge in [-0.15, -0.1) is 21.2 Å². The van der Waals surface area contributed by atoms with Crippen molar-refractivity contribution in [3.8, 4) is 11.8 Å². The van der Waals surface area contributed by atoms with Crippen molar-refractivity contribution in [2.75, 3.05) is 6.61 Å². The molecule has 2 bridgehead atoms. The van der Waals surface area contributed by atoms with Crippen LogP contribution in [-0.2, 0) is 0 Å². The van der Waals surface area contributed by atoms with Gasteiger partial charge >= 0.3 is 0 Å². The van der Waals surface area contributed by atoms with Crippen molar-refractivity contribution < 1.29 is 9.47 Å². The number of nitrogens with zero attached hydrogens (tertiary/aromatic N) is 2. The Balaban J connectivity index is 0.00000121. The zero-order chi connectivity index (χ0) is 12.7. The highest BCUT2D eigenvalue weighted by Crippen LogP contribution is 2.50. The smallest absolute Gasteiger partial charge is 0.291 e. The molecule has 1 aromatic heterocycles. The van der Waals surface area contributed by atoms with Crippen molar-refractivity contribution in [2.45, 2.75) is 57.0 Å². The molecule has 4 nitrogen and oxygen atoms in total.